The molecule has 1 unspecified atom stereocenters. The summed E-state index contributed by atoms with van der Waals surface area (Å²) in [5, 5.41) is 0. The molecule has 0 aliphatic heterocycles. The van der Waals surface area contributed by atoms with Gasteiger partial charge in [0.15, 0.2) is 11.6 Å². The van der Waals surface area contributed by atoms with Crippen molar-refractivity contribution < 1.29 is 23.4 Å². The van der Waals surface area contributed by atoms with Crippen LogP contribution in [0.15, 0.2) is 66.7 Å². The normalized spacial score (nSPS) is 11.4. The van der Waals surface area contributed by atoms with Crippen molar-refractivity contribution in [1.29, 1.82) is 0 Å². The van der Waals surface area contributed by atoms with Gasteiger partial charge in [0, 0.05) is 11.1 Å². The van der Waals surface area contributed by atoms with Crippen molar-refractivity contribution in [1.82, 2.24) is 0 Å². The predicted octanol–water partition coefficient (Wildman–Crippen LogP) is 12.3. The number of hydrogen-bond acceptors (Lipinski definition) is 4. The van der Waals surface area contributed by atoms with Crippen LogP contribution >= 0.6 is 0 Å². The Morgan fingerprint density at radius 3 is 1.77 bits per heavy atom. The summed E-state index contributed by atoms with van der Waals surface area (Å²) in [5.41, 5.74) is 1.75. The second kappa shape index (κ2) is 23.5. The van der Waals surface area contributed by atoms with Gasteiger partial charge in [-0.05, 0) is 92.9 Å². The van der Waals surface area contributed by atoms with Crippen LogP contribution in [0.1, 0.15) is 151 Å². The lowest BCUT2D eigenvalue weighted by molar-refractivity contribution is 0.0734. The summed E-state index contributed by atoms with van der Waals surface area (Å²) >= 11 is 0. The van der Waals surface area contributed by atoms with Gasteiger partial charge in [-0.25, -0.2) is 9.18 Å². The number of halogens is 1. The van der Waals surface area contributed by atoms with Gasteiger partial charge in [0.25, 0.3) is 0 Å². The maximum absolute atomic E-state index is 14.6. The van der Waals surface area contributed by atoms with Crippen LogP contribution in [0.3, 0.4) is 0 Å². The Labute approximate surface area is 289 Å². The zero-order chi connectivity index (χ0) is 34.2. The Bertz CT molecular complexity index is 1370. The summed E-state index contributed by atoms with van der Waals surface area (Å²) in [6.07, 6.45) is 21.3. The van der Waals surface area contributed by atoms with Crippen LogP contribution < -0.4 is 14.2 Å². The molecule has 0 bridgehead atoms. The molecule has 0 saturated carbocycles. The van der Waals surface area contributed by atoms with Crippen LogP contribution in [0.2, 0.25) is 0 Å². The summed E-state index contributed by atoms with van der Waals surface area (Å²) in [4.78, 5) is 12.7. The van der Waals surface area contributed by atoms with Crippen LogP contribution in [0.4, 0.5) is 4.39 Å². The zero-order valence-electron chi connectivity index (χ0n) is 29.7. The standard InChI is InChI=1S/C43H57FO4/c1-4-6-8-10-11-12-13-14-15-16-17-19-33-46-39-30-26-38(27-31-39)43(45)48-40-28-23-36(24-29-40)21-22-37-25-32-42(41(44)34-37)47-35(3)20-18-9-7-5-2/h23-32,34-35H,4-20,33H2,1-3H3. The third-order valence-electron chi connectivity index (χ3n) is 8.50. The summed E-state index contributed by atoms with van der Waals surface area (Å²) in [6.45, 7) is 7.11. The van der Waals surface area contributed by atoms with Crippen molar-refractivity contribution in [2.45, 2.75) is 136 Å². The Balaban J connectivity index is 1.33. The highest BCUT2D eigenvalue weighted by Gasteiger charge is 2.10. The fourth-order valence-corrected chi connectivity index (χ4v) is 5.55. The van der Waals surface area contributed by atoms with E-state index in [9.17, 15) is 9.18 Å². The molecule has 0 radical (unpaired) electrons. The van der Waals surface area contributed by atoms with Crippen molar-refractivity contribution in [2.24, 2.45) is 0 Å². The maximum atomic E-state index is 14.6. The molecule has 3 aromatic rings. The van der Waals surface area contributed by atoms with Gasteiger partial charge in [-0.2, -0.15) is 0 Å². The van der Waals surface area contributed by atoms with Crippen LogP contribution in [0, 0.1) is 17.7 Å². The Kier molecular flexibility index (Phi) is 19.0. The van der Waals surface area contributed by atoms with Gasteiger partial charge >= 0.3 is 5.97 Å². The molecule has 260 valence electrons. The van der Waals surface area contributed by atoms with Crippen molar-refractivity contribution >= 4 is 5.97 Å². The minimum atomic E-state index is -0.436. The van der Waals surface area contributed by atoms with Crippen LogP contribution in [0.25, 0.3) is 0 Å². The second-order valence-electron chi connectivity index (χ2n) is 12.8. The van der Waals surface area contributed by atoms with Gasteiger partial charge in [-0.3, -0.25) is 0 Å². The van der Waals surface area contributed by atoms with Gasteiger partial charge in [0.2, 0.25) is 0 Å². The summed E-state index contributed by atoms with van der Waals surface area (Å²) in [7, 11) is 0. The molecular formula is C43H57FO4. The highest BCUT2D eigenvalue weighted by Crippen LogP contribution is 2.22. The van der Waals surface area contributed by atoms with E-state index in [1.54, 1.807) is 48.5 Å². The summed E-state index contributed by atoms with van der Waals surface area (Å²) in [5.74, 6) is 6.63. The molecule has 0 aliphatic carbocycles. The number of unbranched alkanes of at least 4 members (excludes halogenated alkanes) is 14. The number of carbonyl (C=O) groups is 1. The van der Waals surface area contributed by atoms with E-state index in [1.807, 2.05) is 19.1 Å². The lowest BCUT2D eigenvalue weighted by Crippen LogP contribution is -2.12. The van der Waals surface area contributed by atoms with Gasteiger partial charge in [-0.1, -0.05) is 116 Å². The average molecular weight is 657 g/mol. The maximum Gasteiger partial charge on any atom is 0.343 e. The Morgan fingerprint density at radius 2 is 1.17 bits per heavy atom. The van der Waals surface area contributed by atoms with E-state index in [1.165, 1.54) is 96.0 Å². The monoisotopic (exact) mass is 656 g/mol. The molecule has 0 fully saturated rings. The van der Waals surface area contributed by atoms with Crippen molar-refractivity contribution in [3.8, 4) is 29.1 Å². The first kappa shape index (κ1) is 38.7. The summed E-state index contributed by atoms with van der Waals surface area (Å²) < 4.78 is 31.9. The van der Waals surface area contributed by atoms with Crippen LogP contribution in [-0.2, 0) is 0 Å². The van der Waals surface area contributed by atoms with E-state index in [-0.39, 0.29) is 11.9 Å². The number of esters is 1. The number of rotatable bonds is 23. The topological polar surface area (TPSA) is 44.8 Å². The van der Waals surface area contributed by atoms with E-state index < -0.39 is 11.8 Å². The minimum Gasteiger partial charge on any atom is -0.494 e. The average Bonchev–Trinajstić information content (AvgIpc) is 3.10. The van der Waals surface area contributed by atoms with E-state index in [2.05, 4.69) is 25.7 Å². The predicted molar refractivity (Wildman–Crippen MR) is 196 cm³/mol. The quantitative estimate of drug-likeness (QED) is 0.0441. The van der Waals surface area contributed by atoms with E-state index in [0.29, 0.717) is 23.5 Å². The van der Waals surface area contributed by atoms with Crippen LogP contribution in [0.5, 0.6) is 17.2 Å². The zero-order valence-corrected chi connectivity index (χ0v) is 29.7. The van der Waals surface area contributed by atoms with Crippen molar-refractivity contribution in [2.75, 3.05) is 6.61 Å². The number of ether oxygens (including phenoxy) is 3. The fourth-order valence-electron chi connectivity index (χ4n) is 5.55. The van der Waals surface area contributed by atoms with E-state index in [4.69, 9.17) is 14.2 Å². The van der Waals surface area contributed by atoms with E-state index >= 15 is 0 Å². The van der Waals surface area contributed by atoms with Crippen LogP contribution in [-0.4, -0.2) is 18.7 Å². The molecule has 0 N–H and O–H groups in total. The van der Waals surface area contributed by atoms with E-state index in [0.717, 1.165) is 30.6 Å². The molecule has 5 heteroatoms. The molecule has 1 atom stereocenters. The molecular weight excluding hydrogens is 599 g/mol. The fraction of sp³-hybridized carbons (Fsp3) is 0.512. The van der Waals surface area contributed by atoms with Gasteiger partial charge in [-0.15, -0.1) is 0 Å². The molecule has 3 rings (SSSR count). The lowest BCUT2D eigenvalue weighted by atomic mass is 10.1. The first-order valence-electron chi connectivity index (χ1n) is 18.5. The molecule has 3 aromatic carbocycles. The molecule has 48 heavy (non-hydrogen) atoms. The number of hydrogen-bond donors (Lipinski definition) is 0. The molecule has 0 saturated heterocycles. The number of benzene rings is 3. The third-order valence-corrected chi connectivity index (χ3v) is 8.50. The molecule has 0 heterocycles. The minimum absolute atomic E-state index is 0.0342. The van der Waals surface area contributed by atoms with Crippen molar-refractivity contribution in [3.63, 3.8) is 0 Å². The second-order valence-corrected chi connectivity index (χ2v) is 12.8. The van der Waals surface area contributed by atoms with Gasteiger partial charge < -0.3 is 14.2 Å². The Morgan fingerprint density at radius 1 is 0.646 bits per heavy atom. The molecule has 0 spiro atoms. The Hall–Kier alpha value is -3.78. The molecule has 0 aliphatic rings. The smallest absolute Gasteiger partial charge is 0.343 e. The first-order valence-corrected chi connectivity index (χ1v) is 18.5. The SMILES string of the molecule is CCCCCCCCCCCCCCOc1ccc(C(=O)Oc2ccc(C#Cc3ccc(OC(C)CCCCCC)c(F)c3)cc2)cc1. The van der Waals surface area contributed by atoms with Gasteiger partial charge in [0.05, 0.1) is 18.3 Å². The molecule has 4 nitrogen and oxygen atoms in total. The van der Waals surface area contributed by atoms with Gasteiger partial charge in [0.1, 0.15) is 11.5 Å². The summed E-state index contributed by atoms with van der Waals surface area (Å²) in [6, 6.07) is 18.8. The van der Waals surface area contributed by atoms with Crippen molar-refractivity contribution in [3.05, 3.63) is 89.2 Å². The number of carbonyl (C=O) groups excluding carboxylic acids is 1. The highest BCUT2D eigenvalue weighted by atomic mass is 19.1. The highest BCUT2D eigenvalue weighted by molar-refractivity contribution is 5.91. The molecule has 0 aromatic heterocycles. The largest absolute Gasteiger partial charge is 0.494 e. The lowest BCUT2D eigenvalue weighted by Gasteiger charge is -2.15. The first-order chi connectivity index (χ1) is 23.5. The molecule has 0 amide bonds. The third kappa shape index (κ3) is 15.9.